The van der Waals surface area contributed by atoms with Crippen LogP contribution in [0, 0.1) is 0 Å². The second-order valence-electron chi connectivity index (χ2n) is 4.95. The molecule has 106 valence electrons. The monoisotopic (exact) mass is 269 g/mol. The molecule has 19 heavy (non-hydrogen) atoms. The van der Waals surface area contributed by atoms with Crippen molar-refractivity contribution in [2.75, 3.05) is 13.7 Å². The summed E-state index contributed by atoms with van der Waals surface area (Å²) in [6, 6.07) is 3.17. The summed E-state index contributed by atoms with van der Waals surface area (Å²) in [6.07, 6.45) is 0. The number of hydrogen-bond acceptors (Lipinski definition) is 6. The van der Waals surface area contributed by atoms with Gasteiger partial charge in [0.1, 0.15) is 11.4 Å². The van der Waals surface area contributed by atoms with Crippen molar-refractivity contribution in [1.82, 2.24) is 5.32 Å². The second kappa shape index (κ2) is 6.38. The molecule has 1 heterocycles. The van der Waals surface area contributed by atoms with Gasteiger partial charge in [-0.25, -0.2) is 4.79 Å². The molecule has 6 heteroatoms. The van der Waals surface area contributed by atoms with E-state index in [9.17, 15) is 9.59 Å². The SMILES string of the molecule is COC(=O)c1ccc(CNCC(=O)OC(C)(C)C)o1. The molecular weight excluding hydrogens is 250 g/mol. The predicted octanol–water partition coefficient (Wildman–Crippen LogP) is 1.50. The maximum absolute atomic E-state index is 11.4. The fourth-order valence-electron chi connectivity index (χ4n) is 1.35. The summed E-state index contributed by atoms with van der Waals surface area (Å²) in [4.78, 5) is 22.6. The first-order valence-electron chi connectivity index (χ1n) is 5.91. The predicted molar refractivity (Wildman–Crippen MR) is 67.6 cm³/mol. The summed E-state index contributed by atoms with van der Waals surface area (Å²) in [5.41, 5.74) is -0.499. The lowest BCUT2D eigenvalue weighted by Crippen LogP contribution is -2.31. The Labute approximate surface area is 112 Å². The van der Waals surface area contributed by atoms with Gasteiger partial charge < -0.3 is 13.9 Å². The van der Waals surface area contributed by atoms with E-state index in [1.54, 1.807) is 26.8 Å². The Balaban J connectivity index is 2.35. The van der Waals surface area contributed by atoms with Crippen LogP contribution in [0.2, 0.25) is 0 Å². The van der Waals surface area contributed by atoms with Crippen LogP contribution >= 0.6 is 0 Å². The van der Waals surface area contributed by atoms with E-state index in [0.29, 0.717) is 12.3 Å². The molecular formula is C13H19NO5. The normalized spacial score (nSPS) is 11.2. The van der Waals surface area contributed by atoms with Gasteiger partial charge in [0, 0.05) is 0 Å². The molecule has 1 N–H and O–H groups in total. The molecule has 1 aromatic heterocycles. The van der Waals surface area contributed by atoms with Gasteiger partial charge in [0.25, 0.3) is 0 Å². The highest BCUT2D eigenvalue weighted by atomic mass is 16.6. The second-order valence-corrected chi connectivity index (χ2v) is 4.95. The quantitative estimate of drug-likeness (QED) is 0.816. The summed E-state index contributed by atoms with van der Waals surface area (Å²) in [7, 11) is 1.28. The minimum Gasteiger partial charge on any atom is -0.463 e. The molecule has 0 amide bonds. The largest absolute Gasteiger partial charge is 0.463 e. The summed E-state index contributed by atoms with van der Waals surface area (Å²) in [6.45, 7) is 5.82. The first-order chi connectivity index (χ1) is 8.81. The van der Waals surface area contributed by atoms with Crippen molar-refractivity contribution in [1.29, 1.82) is 0 Å². The van der Waals surface area contributed by atoms with Crippen molar-refractivity contribution < 1.29 is 23.5 Å². The number of hydrogen-bond donors (Lipinski definition) is 1. The average Bonchev–Trinajstić information content (AvgIpc) is 2.74. The van der Waals surface area contributed by atoms with E-state index in [2.05, 4.69) is 10.1 Å². The first-order valence-corrected chi connectivity index (χ1v) is 5.91. The van der Waals surface area contributed by atoms with Crippen LogP contribution in [0.1, 0.15) is 37.1 Å². The van der Waals surface area contributed by atoms with E-state index in [0.717, 1.165) is 0 Å². The molecule has 1 rings (SSSR count). The maximum atomic E-state index is 11.4. The Bertz CT molecular complexity index is 444. The molecule has 1 aromatic rings. The third-order valence-electron chi connectivity index (χ3n) is 2.04. The summed E-state index contributed by atoms with van der Waals surface area (Å²) >= 11 is 0. The van der Waals surface area contributed by atoms with Gasteiger partial charge in [-0.15, -0.1) is 0 Å². The fourth-order valence-corrected chi connectivity index (χ4v) is 1.35. The highest BCUT2D eigenvalue weighted by Crippen LogP contribution is 2.09. The van der Waals surface area contributed by atoms with Gasteiger partial charge in [0.2, 0.25) is 5.76 Å². The third kappa shape index (κ3) is 5.56. The van der Waals surface area contributed by atoms with Crippen LogP contribution in [-0.2, 0) is 20.8 Å². The molecule has 0 aliphatic rings. The zero-order chi connectivity index (χ0) is 14.5. The Hall–Kier alpha value is -1.82. The topological polar surface area (TPSA) is 77.8 Å². The maximum Gasteiger partial charge on any atom is 0.373 e. The molecule has 0 atom stereocenters. The number of furan rings is 1. The number of methoxy groups -OCH3 is 1. The molecule has 0 saturated carbocycles. The lowest BCUT2D eigenvalue weighted by atomic mass is 10.2. The summed E-state index contributed by atoms with van der Waals surface area (Å²) in [5.74, 6) is -0.189. The Kier molecular flexibility index (Phi) is 5.11. The van der Waals surface area contributed by atoms with Crippen molar-refractivity contribution in [3.05, 3.63) is 23.7 Å². The van der Waals surface area contributed by atoms with Gasteiger partial charge in [-0.05, 0) is 32.9 Å². The summed E-state index contributed by atoms with van der Waals surface area (Å²) in [5, 5.41) is 2.87. The van der Waals surface area contributed by atoms with Crippen molar-refractivity contribution in [3.8, 4) is 0 Å². The molecule has 0 fully saturated rings. The van der Waals surface area contributed by atoms with E-state index in [1.165, 1.54) is 13.2 Å². The number of rotatable bonds is 5. The van der Waals surface area contributed by atoms with E-state index >= 15 is 0 Å². The van der Waals surface area contributed by atoms with E-state index in [-0.39, 0.29) is 18.3 Å². The average molecular weight is 269 g/mol. The zero-order valence-electron chi connectivity index (χ0n) is 11.6. The number of nitrogens with one attached hydrogen (secondary N) is 1. The summed E-state index contributed by atoms with van der Waals surface area (Å²) < 4.78 is 14.9. The van der Waals surface area contributed by atoms with Crippen LogP contribution in [0.4, 0.5) is 0 Å². The minimum absolute atomic E-state index is 0.0749. The van der Waals surface area contributed by atoms with E-state index < -0.39 is 11.6 Å². The van der Waals surface area contributed by atoms with Gasteiger partial charge in [-0.3, -0.25) is 10.1 Å². The van der Waals surface area contributed by atoms with Crippen LogP contribution < -0.4 is 5.32 Å². The van der Waals surface area contributed by atoms with Crippen molar-refractivity contribution in [3.63, 3.8) is 0 Å². The van der Waals surface area contributed by atoms with Crippen molar-refractivity contribution >= 4 is 11.9 Å². The molecule has 0 saturated heterocycles. The molecule has 0 spiro atoms. The third-order valence-corrected chi connectivity index (χ3v) is 2.04. The van der Waals surface area contributed by atoms with E-state index in [1.807, 2.05) is 0 Å². The van der Waals surface area contributed by atoms with Crippen molar-refractivity contribution in [2.24, 2.45) is 0 Å². The van der Waals surface area contributed by atoms with Crippen LogP contribution in [0.15, 0.2) is 16.5 Å². The number of carbonyl (C=O) groups is 2. The van der Waals surface area contributed by atoms with Gasteiger partial charge in [0.15, 0.2) is 0 Å². The Morgan fingerprint density at radius 3 is 2.58 bits per heavy atom. The van der Waals surface area contributed by atoms with Crippen LogP contribution in [0.25, 0.3) is 0 Å². The smallest absolute Gasteiger partial charge is 0.373 e. The molecule has 0 unspecified atom stereocenters. The van der Waals surface area contributed by atoms with Gasteiger partial charge >= 0.3 is 11.9 Å². The lowest BCUT2D eigenvalue weighted by Gasteiger charge is -2.19. The fraction of sp³-hybridized carbons (Fsp3) is 0.538. The number of ether oxygens (including phenoxy) is 2. The standard InChI is InChI=1S/C13H19NO5/c1-13(2,3)19-11(15)8-14-7-9-5-6-10(18-9)12(16)17-4/h5-6,14H,7-8H2,1-4H3. The molecule has 0 radical (unpaired) electrons. The molecule has 0 aliphatic heterocycles. The molecule has 0 aromatic carbocycles. The number of carbonyl (C=O) groups excluding carboxylic acids is 2. The van der Waals surface area contributed by atoms with Gasteiger partial charge in [0.05, 0.1) is 20.2 Å². The Morgan fingerprint density at radius 2 is 2.00 bits per heavy atom. The lowest BCUT2D eigenvalue weighted by molar-refractivity contribution is -0.153. The Morgan fingerprint density at radius 1 is 1.32 bits per heavy atom. The minimum atomic E-state index is -0.529. The molecule has 6 nitrogen and oxygen atoms in total. The van der Waals surface area contributed by atoms with E-state index in [4.69, 9.17) is 9.15 Å². The highest BCUT2D eigenvalue weighted by Gasteiger charge is 2.16. The molecule has 0 bridgehead atoms. The molecule has 0 aliphatic carbocycles. The van der Waals surface area contributed by atoms with Crippen molar-refractivity contribution in [2.45, 2.75) is 32.9 Å². The zero-order valence-corrected chi connectivity index (χ0v) is 11.6. The van der Waals surface area contributed by atoms with Crippen LogP contribution in [0.5, 0.6) is 0 Å². The van der Waals surface area contributed by atoms with Gasteiger partial charge in [-0.1, -0.05) is 0 Å². The van der Waals surface area contributed by atoms with Crippen LogP contribution in [-0.4, -0.2) is 31.2 Å². The van der Waals surface area contributed by atoms with Crippen LogP contribution in [0.3, 0.4) is 0 Å². The van der Waals surface area contributed by atoms with Gasteiger partial charge in [-0.2, -0.15) is 0 Å². The highest BCUT2D eigenvalue weighted by molar-refractivity contribution is 5.86. The first kappa shape index (κ1) is 15.2. The number of esters is 2.